The highest BCUT2D eigenvalue weighted by molar-refractivity contribution is 5.94. The van der Waals surface area contributed by atoms with Gasteiger partial charge in [-0.15, -0.1) is 0 Å². The molecule has 4 rings (SSSR count). The van der Waals surface area contributed by atoms with Crippen LogP contribution in [-0.2, 0) is 0 Å². The van der Waals surface area contributed by atoms with E-state index in [1.165, 1.54) is 0 Å². The molecule has 2 saturated heterocycles. The first-order valence-electron chi connectivity index (χ1n) is 9.11. The number of carbonyl (C=O) groups excluding carboxylic acids is 1. The van der Waals surface area contributed by atoms with Crippen LogP contribution in [0.1, 0.15) is 34.6 Å². The van der Waals surface area contributed by atoms with Gasteiger partial charge >= 0.3 is 0 Å². The van der Waals surface area contributed by atoms with E-state index in [-0.39, 0.29) is 5.91 Å². The number of rotatable bonds is 2. The lowest BCUT2D eigenvalue weighted by Crippen LogP contribution is -2.32. The molecule has 132 valence electrons. The number of aryl methyl sites for hydroxylation is 2. The van der Waals surface area contributed by atoms with Crippen molar-refractivity contribution in [2.45, 2.75) is 26.7 Å². The third kappa shape index (κ3) is 3.18. The highest BCUT2D eigenvalue weighted by atomic mass is 16.2. The summed E-state index contributed by atoms with van der Waals surface area (Å²) in [5.74, 6) is 2.30. The summed E-state index contributed by atoms with van der Waals surface area (Å²) >= 11 is 0. The van der Waals surface area contributed by atoms with E-state index in [2.05, 4.69) is 15.4 Å². The number of nitrogens with zero attached hydrogens (tertiary/aromatic N) is 4. The SMILES string of the molecule is Cc1cc(C)n(-c2ccc(C(=O)N3CC[C@@H]4CNC[C@@H]4CC3)cn2)n1. The van der Waals surface area contributed by atoms with E-state index in [0.29, 0.717) is 5.56 Å². The number of amides is 1. The van der Waals surface area contributed by atoms with E-state index < -0.39 is 0 Å². The Morgan fingerprint density at radius 1 is 1.16 bits per heavy atom. The van der Waals surface area contributed by atoms with Crippen LogP contribution in [0.5, 0.6) is 0 Å². The largest absolute Gasteiger partial charge is 0.339 e. The van der Waals surface area contributed by atoms with Crippen molar-refractivity contribution in [2.75, 3.05) is 26.2 Å². The van der Waals surface area contributed by atoms with Gasteiger partial charge in [-0.25, -0.2) is 9.67 Å². The smallest absolute Gasteiger partial charge is 0.255 e. The van der Waals surface area contributed by atoms with E-state index >= 15 is 0 Å². The lowest BCUT2D eigenvalue weighted by Gasteiger charge is -2.21. The Balaban J connectivity index is 1.48. The monoisotopic (exact) mass is 339 g/mol. The molecule has 0 aromatic carbocycles. The van der Waals surface area contributed by atoms with Crippen LogP contribution in [0.15, 0.2) is 24.4 Å². The van der Waals surface area contributed by atoms with Crippen LogP contribution in [0.4, 0.5) is 0 Å². The lowest BCUT2D eigenvalue weighted by atomic mass is 9.92. The summed E-state index contributed by atoms with van der Waals surface area (Å²) in [6.45, 7) is 7.87. The van der Waals surface area contributed by atoms with E-state index in [4.69, 9.17) is 0 Å². The number of hydrogen-bond donors (Lipinski definition) is 1. The topological polar surface area (TPSA) is 63.1 Å². The fourth-order valence-corrected chi connectivity index (χ4v) is 4.10. The molecule has 0 bridgehead atoms. The van der Waals surface area contributed by atoms with Crippen LogP contribution in [0.3, 0.4) is 0 Å². The number of hydrogen-bond acceptors (Lipinski definition) is 4. The predicted octanol–water partition coefficient (Wildman–Crippen LogP) is 1.96. The molecule has 0 radical (unpaired) electrons. The minimum atomic E-state index is 0.0975. The number of fused-ring (bicyclic) bond motifs is 1. The second-order valence-electron chi connectivity index (χ2n) is 7.29. The first-order chi connectivity index (χ1) is 12.1. The molecule has 6 heteroatoms. The van der Waals surface area contributed by atoms with Crippen LogP contribution < -0.4 is 5.32 Å². The molecule has 2 aliphatic heterocycles. The zero-order valence-corrected chi connectivity index (χ0v) is 14.9. The van der Waals surface area contributed by atoms with E-state index in [1.54, 1.807) is 6.20 Å². The van der Waals surface area contributed by atoms with Crippen LogP contribution >= 0.6 is 0 Å². The number of likely N-dealkylation sites (tertiary alicyclic amines) is 1. The van der Waals surface area contributed by atoms with Crippen molar-refractivity contribution in [1.82, 2.24) is 25.0 Å². The highest BCUT2D eigenvalue weighted by Crippen LogP contribution is 2.27. The Hall–Kier alpha value is -2.21. The Morgan fingerprint density at radius 3 is 2.44 bits per heavy atom. The number of aromatic nitrogens is 3. The van der Waals surface area contributed by atoms with Gasteiger partial charge < -0.3 is 10.2 Å². The number of pyridine rings is 1. The maximum atomic E-state index is 12.8. The average molecular weight is 339 g/mol. The molecule has 2 atom stereocenters. The van der Waals surface area contributed by atoms with E-state index in [1.807, 2.05) is 41.6 Å². The maximum absolute atomic E-state index is 12.8. The second-order valence-corrected chi connectivity index (χ2v) is 7.29. The minimum Gasteiger partial charge on any atom is -0.339 e. The molecule has 25 heavy (non-hydrogen) atoms. The highest BCUT2D eigenvalue weighted by Gasteiger charge is 2.31. The quantitative estimate of drug-likeness (QED) is 0.908. The third-order valence-corrected chi connectivity index (χ3v) is 5.53. The Morgan fingerprint density at radius 2 is 1.88 bits per heavy atom. The minimum absolute atomic E-state index is 0.0975. The van der Waals surface area contributed by atoms with Gasteiger partial charge in [0, 0.05) is 25.0 Å². The van der Waals surface area contributed by atoms with Crippen molar-refractivity contribution >= 4 is 5.91 Å². The molecule has 0 aliphatic carbocycles. The summed E-state index contributed by atoms with van der Waals surface area (Å²) in [6, 6.07) is 5.77. The summed E-state index contributed by atoms with van der Waals surface area (Å²) in [4.78, 5) is 19.3. The van der Waals surface area contributed by atoms with Gasteiger partial charge in [0.25, 0.3) is 5.91 Å². The normalized spacial score (nSPS) is 23.4. The molecule has 2 fully saturated rings. The molecular weight excluding hydrogens is 314 g/mol. The van der Waals surface area contributed by atoms with Gasteiger partial charge in [0.05, 0.1) is 11.3 Å². The number of carbonyl (C=O) groups is 1. The first-order valence-corrected chi connectivity index (χ1v) is 9.11. The zero-order valence-electron chi connectivity index (χ0n) is 14.9. The second kappa shape index (κ2) is 6.59. The van der Waals surface area contributed by atoms with Crippen molar-refractivity contribution < 1.29 is 4.79 Å². The fraction of sp³-hybridized carbons (Fsp3) is 0.526. The van der Waals surface area contributed by atoms with Gasteiger partial charge in [0.15, 0.2) is 5.82 Å². The van der Waals surface area contributed by atoms with Gasteiger partial charge in [0.2, 0.25) is 0 Å². The molecule has 0 saturated carbocycles. The Bertz CT molecular complexity index is 753. The van der Waals surface area contributed by atoms with Gasteiger partial charge in [-0.1, -0.05) is 0 Å². The zero-order chi connectivity index (χ0) is 17.4. The Labute approximate surface area is 148 Å². The fourth-order valence-electron chi connectivity index (χ4n) is 4.10. The van der Waals surface area contributed by atoms with Crippen molar-refractivity contribution in [1.29, 1.82) is 0 Å². The van der Waals surface area contributed by atoms with Gasteiger partial charge in [-0.3, -0.25) is 4.79 Å². The van der Waals surface area contributed by atoms with Crippen molar-refractivity contribution in [2.24, 2.45) is 11.8 Å². The molecule has 2 aromatic heterocycles. The predicted molar refractivity (Wildman–Crippen MR) is 95.8 cm³/mol. The van der Waals surface area contributed by atoms with Crippen molar-refractivity contribution in [3.05, 3.63) is 41.3 Å². The standard InChI is InChI=1S/C19H25N5O/c1-13-9-14(2)24(22-13)18-4-3-17(12-21-18)19(25)23-7-5-15-10-20-11-16(15)6-8-23/h3-4,9,12,15-16,20H,5-8,10-11H2,1-2H3/t15-,16+. The molecular formula is C19H25N5O. The summed E-state index contributed by atoms with van der Waals surface area (Å²) in [6.07, 6.45) is 3.88. The summed E-state index contributed by atoms with van der Waals surface area (Å²) in [5.41, 5.74) is 2.66. The van der Waals surface area contributed by atoms with Crippen LogP contribution in [-0.4, -0.2) is 51.8 Å². The van der Waals surface area contributed by atoms with Gasteiger partial charge in [-0.05, 0) is 69.8 Å². The van der Waals surface area contributed by atoms with Gasteiger partial charge in [-0.2, -0.15) is 5.10 Å². The maximum Gasteiger partial charge on any atom is 0.255 e. The molecule has 2 aromatic rings. The molecule has 0 unspecified atom stereocenters. The van der Waals surface area contributed by atoms with Gasteiger partial charge in [0.1, 0.15) is 0 Å². The molecule has 1 N–H and O–H groups in total. The Kier molecular flexibility index (Phi) is 4.29. The molecule has 1 amide bonds. The summed E-state index contributed by atoms with van der Waals surface area (Å²) < 4.78 is 1.81. The van der Waals surface area contributed by atoms with E-state index in [0.717, 1.165) is 68.1 Å². The third-order valence-electron chi connectivity index (χ3n) is 5.53. The summed E-state index contributed by atoms with van der Waals surface area (Å²) in [5, 5.41) is 7.92. The van der Waals surface area contributed by atoms with Crippen molar-refractivity contribution in [3.63, 3.8) is 0 Å². The van der Waals surface area contributed by atoms with Crippen LogP contribution in [0, 0.1) is 25.7 Å². The lowest BCUT2D eigenvalue weighted by molar-refractivity contribution is 0.0758. The average Bonchev–Trinajstić information content (AvgIpc) is 3.14. The molecule has 4 heterocycles. The van der Waals surface area contributed by atoms with Crippen LogP contribution in [0.2, 0.25) is 0 Å². The van der Waals surface area contributed by atoms with E-state index in [9.17, 15) is 4.79 Å². The summed E-state index contributed by atoms with van der Waals surface area (Å²) in [7, 11) is 0. The molecule has 2 aliphatic rings. The van der Waals surface area contributed by atoms with Crippen molar-refractivity contribution in [3.8, 4) is 5.82 Å². The first kappa shape index (κ1) is 16.3. The van der Waals surface area contributed by atoms with Crippen LogP contribution in [0.25, 0.3) is 5.82 Å². The number of nitrogens with one attached hydrogen (secondary N) is 1. The molecule has 0 spiro atoms. The molecule has 6 nitrogen and oxygen atoms in total.